The van der Waals surface area contributed by atoms with Crippen LogP contribution in [0.5, 0.6) is 0 Å². The fourth-order valence-electron chi connectivity index (χ4n) is 1.86. The van der Waals surface area contributed by atoms with E-state index in [1.807, 2.05) is 6.92 Å². The Morgan fingerprint density at radius 1 is 1.06 bits per heavy atom. The van der Waals surface area contributed by atoms with Gasteiger partial charge in [0.05, 0.1) is 6.04 Å². The second kappa shape index (κ2) is 10.6. The van der Waals surface area contributed by atoms with Crippen LogP contribution in [-0.2, 0) is 4.79 Å². The maximum Gasteiger partial charge on any atom is 0.236 e. The molecule has 0 spiro atoms. The predicted octanol–water partition coefficient (Wildman–Crippen LogP) is 2.85. The third-order valence-corrected chi connectivity index (χ3v) is 2.97. The second-order valence-corrected chi connectivity index (χ2v) is 4.93. The minimum Gasteiger partial charge on any atom is -0.355 e. The topological polar surface area (TPSA) is 41.1 Å². The van der Waals surface area contributed by atoms with E-state index in [1.165, 1.54) is 25.7 Å². The minimum absolute atomic E-state index is 0.0808. The number of amides is 1. The van der Waals surface area contributed by atoms with E-state index in [0.29, 0.717) is 6.04 Å². The summed E-state index contributed by atoms with van der Waals surface area (Å²) in [6.07, 6.45) is 7.30. The molecule has 0 saturated carbocycles. The Hall–Kier alpha value is -0.570. The lowest BCUT2D eigenvalue weighted by molar-refractivity contribution is -0.122. The standard InChI is InChI=1S/C14H30N2O/c1-5-7-8-9-10-12(3)16-13(4)14(17)15-11-6-2/h12-13,16H,5-11H2,1-4H3,(H,15,17). The summed E-state index contributed by atoms with van der Waals surface area (Å²) in [5.74, 6) is 0.118. The molecule has 0 aromatic carbocycles. The second-order valence-electron chi connectivity index (χ2n) is 4.93. The lowest BCUT2D eigenvalue weighted by Gasteiger charge is -2.19. The van der Waals surface area contributed by atoms with Gasteiger partial charge in [-0.2, -0.15) is 0 Å². The van der Waals surface area contributed by atoms with Crippen molar-refractivity contribution >= 4 is 5.91 Å². The third-order valence-electron chi connectivity index (χ3n) is 2.97. The van der Waals surface area contributed by atoms with Crippen molar-refractivity contribution in [2.24, 2.45) is 0 Å². The molecule has 2 unspecified atom stereocenters. The summed E-state index contributed by atoms with van der Waals surface area (Å²) in [5.41, 5.74) is 0. The zero-order valence-corrected chi connectivity index (χ0v) is 12.0. The Labute approximate surface area is 107 Å². The monoisotopic (exact) mass is 242 g/mol. The maximum absolute atomic E-state index is 11.6. The Bertz CT molecular complexity index is 195. The highest BCUT2D eigenvalue weighted by Crippen LogP contribution is 2.05. The Balaban J connectivity index is 3.63. The van der Waals surface area contributed by atoms with Crippen molar-refractivity contribution in [2.45, 2.75) is 78.3 Å². The van der Waals surface area contributed by atoms with Gasteiger partial charge in [-0.25, -0.2) is 0 Å². The van der Waals surface area contributed by atoms with E-state index < -0.39 is 0 Å². The van der Waals surface area contributed by atoms with Crippen LogP contribution in [0.1, 0.15) is 66.2 Å². The summed E-state index contributed by atoms with van der Waals surface area (Å²) in [4.78, 5) is 11.6. The van der Waals surface area contributed by atoms with E-state index in [1.54, 1.807) is 0 Å². The van der Waals surface area contributed by atoms with Crippen LogP contribution in [0.15, 0.2) is 0 Å². The molecule has 0 aliphatic heterocycles. The number of hydrogen-bond acceptors (Lipinski definition) is 2. The Kier molecular flexibility index (Phi) is 10.2. The number of unbranched alkanes of at least 4 members (excludes halogenated alkanes) is 3. The van der Waals surface area contributed by atoms with Gasteiger partial charge < -0.3 is 10.6 Å². The van der Waals surface area contributed by atoms with Crippen molar-refractivity contribution in [1.82, 2.24) is 10.6 Å². The lowest BCUT2D eigenvalue weighted by atomic mass is 10.1. The Morgan fingerprint density at radius 2 is 1.76 bits per heavy atom. The summed E-state index contributed by atoms with van der Waals surface area (Å²) in [6, 6.07) is 0.344. The largest absolute Gasteiger partial charge is 0.355 e. The number of carbonyl (C=O) groups excluding carboxylic acids is 1. The molecule has 0 aromatic rings. The summed E-state index contributed by atoms with van der Waals surface area (Å²) in [6.45, 7) is 9.16. The number of rotatable bonds is 10. The first-order valence-corrected chi connectivity index (χ1v) is 7.15. The van der Waals surface area contributed by atoms with Crippen LogP contribution in [0.2, 0.25) is 0 Å². The first-order valence-electron chi connectivity index (χ1n) is 7.15. The predicted molar refractivity (Wildman–Crippen MR) is 74.1 cm³/mol. The average molecular weight is 242 g/mol. The van der Waals surface area contributed by atoms with Gasteiger partial charge in [-0.05, 0) is 26.7 Å². The highest BCUT2D eigenvalue weighted by atomic mass is 16.2. The fourth-order valence-corrected chi connectivity index (χ4v) is 1.86. The number of carbonyl (C=O) groups is 1. The smallest absolute Gasteiger partial charge is 0.236 e. The molecule has 0 rings (SSSR count). The van der Waals surface area contributed by atoms with Crippen LogP contribution in [0.25, 0.3) is 0 Å². The fraction of sp³-hybridized carbons (Fsp3) is 0.929. The minimum atomic E-state index is -0.0808. The lowest BCUT2D eigenvalue weighted by Crippen LogP contribution is -2.45. The molecule has 2 atom stereocenters. The SMILES string of the molecule is CCCCCCC(C)NC(C)C(=O)NCCC. The van der Waals surface area contributed by atoms with Crippen LogP contribution in [-0.4, -0.2) is 24.5 Å². The van der Waals surface area contributed by atoms with Gasteiger partial charge in [0.2, 0.25) is 5.91 Å². The molecule has 0 heterocycles. The molecule has 3 nitrogen and oxygen atoms in total. The molecule has 0 aliphatic carbocycles. The van der Waals surface area contributed by atoms with Crippen molar-refractivity contribution < 1.29 is 4.79 Å². The molecule has 0 aliphatic rings. The third kappa shape index (κ3) is 9.16. The van der Waals surface area contributed by atoms with E-state index in [9.17, 15) is 4.79 Å². The van der Waals surface area contributed by atoms with Gasteiger partial charge >= 0.3 is 0 Å². The molecule has 2 N–H and O–H groups in total. The molecule has 0 fully saturated rings. The molecule has 102 valence electrons. The van der Waals surface area contributed by atoms with Crippen LogP contribution >= 0.6 is 0 Å². The van der Waals surface area contributed by atoms with Gasteiger partial charge in [0, 0.05) is 12.6 Å². The first kappa shape index (κ1) is 16.4. The summed E-state index contributed by atoms with van der Waals surface area (Å²) in [7, 11) is 0. The normalized spacial score (nSPS) is 14.4. The van der Waals surface area contributed by atoms with Crippen molar-refractivity contribution in [3.63, 3.8) is 0 Å². The average Bonchev–Trinajstić information content (AvgIpc) is 2.31. The molecule has 0 aromatic heterocycles. The van der Waals surface area contributed by atoms with Gasteiger partial charge in [-0.1, -0.05) is 39.5 Å². The van der Waals surface area contributed by atoms with Gasteiger partial charge in [0.1, 0.15) is 0 Å². The van der Waals surface area contributed by atoms with Crippen molar-refractivity contribution in [1.29, 1.82) is 0 Å². The summed E-state index contributed by atoms with van der Waals surface area (Å²) in [5, 5.41) is 6.27. The maximum atomic E-state index is 11.6. The zero-order chi connectivity index (χ0) is 13.1. The molecule has 0 saturated heterocycles. The quantitative estimate of drug-likeness (QED) is 0.578. The summed E-state index contributed by atoms with van der Waals surface area (Å²) >= 11 is 0. The van der Waals surface area contributed by atoms with E-state index in [-0.39, 0.29) is 11.9 Å². The van der Waals surface area contributed by atoms with E-state index in [4.69, 9.17) is 0 Å². The highest BCUT2D eigenvalue weighted by molar-refractivity contribution is 5.81. The van der Waals surface area contributed by atoms with Crippen molar-refractivity contribution in [3.05, 3.63) is 0 Å². The van der Waals surface area contributed by atoms with Crippen LogP contribution < -0.4 is 10.6 Å². The van der Waals surface area contributed by atoms with Gasteiger partial charge in [0.25, 0.3) is 0 Å². The van der Waals surface area contributed by atoms with Crippen LogP contribution in [0.3, 0.4) is 0 Å². The van der Waals surface area contributed by atoms with E-state index in [2.05, 4.69) is 31.4 Å². The number of nitrogens with one attached hydrogen (secondary N) is 2. The first-order chi connectivity index (χ1) is 8.11. The molecule has 3 heteroatoms. The van der Waals surface area contributed by atoms with Crippen molar-refractivity contribution in [2.75, 3.05) is 6.54 Å². The van der Waals surface area contributed by atoms with Crippen LogP contribution in [0.4, 0.5) is 0 Å². The zero-order valence-electron chi connectivity index (χ0n) is 12.0. The molecule has 0 radical (unpaired) electrons. The summed E-state index contributed by atoms with van der Waals surface area (Å²) < 4.78 is 0. The molecule has 17 heavy (non-hydrogen) atoms. The van der Waals surface area contributed by atoms with Gasteiger partial charge in [-0.3, -0.25) is 4.79 Å². The molecular formula is C14H30N2O. The molecule has 1 amide bonds. The van der Waals surface area contributed by atoms with E-state index >= 15 is 0 Å². The number of hydrogen-bond donors (Lipinski definition) is 2. The van der Waals surface area contributed by atoms with Crippen LogP contribution in [0, 0.1) is 0 Å². The Morgan fingerprint density at radius 3 is 2.35 bits per heavy atom. The molecule has 0 bridgehead atoms. The highest BCUT2D eigenvalue weighted by Gasteiger charge is 2.13. The van der Waals surface area contributed by atoms with Gasteiger partial charge in [-0.15, -0.1) is 0 Å². The molecular weight excluding hydrogens is 212 g/mol. The van der Waals surface area contributed by atoms with E-state index in [0.717, 1.165) is 19.4 Å². The van der Waals surface area contributed by atoms with Crippen molar-refractivity contribution in [3.8, 4) is 0 Å². The van der Waals surface area contributed by atoms with Gasteiger partial charge in [0.15, 0.2) is 0 Å².